The van der Waals surface area contributed by atoms with Crippen molar-refractivity contribution in [3.05, 3.63) is 29.6 Å². The fourth-order valence-corrected chi connectivity index (χ4v) is 2.27. The summed E-state index contributed by atoms with van der Waals surface area (Å²) in [5.41, 5.74) is 0.412. The highest BCUT2D eigenvalue weighted by Gasteiger charge is 2.26. The maximum Gasteiger partial charge on any atom is 0.257 e. The van der Waals surface area contributed by atoms with Gasteiger partial charge in [-0.2, -0.15) is 0 Å². The van der Waals surface area contributed by atoms with Crippen molar-refractivity contribution in [2.75, 3.05) is 25.0 Å². The normalized spacial score (nSPS) is 18.8. The number of rotatable bonds is 2. The Kier molecular flexibility index (Phi) is 4.34. The van der Waals surface area contributed by atoms with Crippen molar-refractivity contribution in [3.8, 4) is 0 Å². The van der Waals surface area contributed by atoms with Gasteiger partial charge in [-0.25, -0.2) is 4.39 Å². The Morgan fingerprint density at radius 1 is 1.45 bits per heavy atom. The Morgan fingerprint density at radius 2 is 2.20 bits per heavy atom. The maximum atomic E-state index is 13.9. The topological polar surface area (TPSA) is 61.4 Å². The molecule has 0 aliphatic carbocycles. The lowest BCUT2D eigenvalue weighted by molar-refractivity contribution is -0.114. The molecule has 2 amide bonds. The van der Waals surface area contributed by atoms with Gasteiger partial charge in [0.1, 0.15) is 5.82 Å². The third-order valence-corrected chi connectivity index (χ3v) is 3.28. The Balaban J connectivity index is 2.26. The van der Waals surface area contributed by atoms with E-state index in [2.05, 4.69) is 10.6 Å². The molecule has 1 aromatic carbocycles. The lowest BCUT2D eigenvalue weighted by atomic mass is 10.1. The molecular weight excluding hydrogens is 261 g/mol. The second kappa shape index (κ2) is 6.00. The monoisotopic (exact) mass is 279 g/mol. The van der Waals surface area contributed by atoms with E-state index in [9.17, 15) is 14.0 Å². The first-order valence-electron chi connectivity index (χ1n) is 6.58. The molecule has 1 heterocycles. The van der Waals surface area contributed by atoms with Gasteiger partial charge in [-0.3, -0.25) is 9.59 Å². The number of piperazine rings is 1. The standard InChI is InChI=1S/C14H18FN3O2/c1-9-8-16-5-6-18(9)14(20)12-7-11(17-10(2)19)3-4-13(12)15/h3-4,7,9,16H,5-6,8H2,1-2H3,(H,17,19)/t9-/m0/s1. The van der Waals surface area contributed by atoms with E-state index in [1.54, 1.807) is 4.90 Å². The van der Waals surface area contributed by atoms with Gasteiger partial charge in [0, 0.05) is 38.3 Å². The number of carbonyl (C=O) groups is 2. The largest absolute Gasteiger partial charge is 0.333 e. The minimum absolute atomic E-state index is 0.00926. The Morgan fingerprint density at radius 3 is 2.85 bits per heavy atom. The van der Waals surface area contributed by atoms with Crippen molar-refractivity contribution < 1.29 is 14.0 Å². The summed E-state index contributed by atoms with van der Waals surface area (Å²) in [6, 6.07) is 4.04. The van der Waals surface area contributed by atoms with E-state index in [1.807, 2.05) is 6.92 Å². The number of anilines is 1. The van der Waals surface area contributed by atoms with Crippen molar-refractivity contribution in [1.82, 2.24) is 10.2 Å². The molecule has 2 rings (SSSR count). The molecule has 1 aliphatic heterocycles. The fourth-order valence-electron chi connectivity index (χ4n) is 2.27. The number of nitrogens with one attached hydrogen (secondary N) is 2. The Bertz CT molecular complexity index is 533. The molecule has 6 heteroatoms. The van der Waals surface area contributed by atoms with Crippen LogP contribution in [-0.2, 0) is 4.79 Å². The van der Waals surface area contributed by atoms with Gasteiger partial charge in [-0.05, 0) is 25.1 Å². The molecule has 0 aromatic heterocycles. The summed E-state index contributed by atoms with van der Waals surface area (Å²) in [5.74, 6) is -1.18. The summed E-state index contributed by atoms with van der Waals surface area (Å²) in [5, 5.41) is 5.73. The number of halogens is 1. The summed E-state index contributed by atoms with van der Waals surface area (Å²) in [4.78, 5) is 25.1. The third-order valence-electron chi connectivity index (χ3n) is 3.28. The summed E-state index contributed by atoms with van der Waals surface area (Å²) in [6.45, 7) is 5.22. The van der Waals surface area contributed by atoms with Crippen molar-refractivity contribution >= 4 is 17.5 Å². The minimum atomic E-state index is -0.574. The van der Waals surface area contributed by atoms with Gasteiger partial charge in [0.15, 0.2) is 0 Å². The first-order chi connectivity index (χ1) is 9.49. The van der Waals surface area contributed by atoms with E-state index in [0.29, 0.717) is 25.3 Å². The average Bonchev–Trinajstić information content (AvgIpc) is 2.40. The molecule has 2 N–H and O–H groups in total. The molecule has 5 nitrogen and oxygen atoms in total. The van der Waals surface area contributed by atoms with Crippen LogP contribution in [0.4, 0.5) is 10.1 Å². The fraction of sp³-hybridized carbons (Fsp3) is 0.429. The first-order valence-corrected chi connectivity index (χ1v) is 6.58. The van der Waals surface area contributed by atoms with Gasteiger partial charge in [0.2, 0.25) is 5.91 Å². The zero-order valence-electron chi connectivity index (χ0n) is 11.6. The highest BCUT2D eigenvalue weighted by Crippen LogP contribution is 2.18. The highest BCUT2D eigenvalue weighted by molar-refractivity contribution is 5.97. The van der Waals surface area contributed by atoms with Gasteiger partial charge in [-0.1, -0.05) is 0 Å². The van der Waals surface area contributed by atoms with E-state index in [0.717, 1.165) is 0 Å². The van der Waals surface area contributed by atoms with Crippen LogP contribution in [0.1, 0.15) is 24.2 Å². The summed E-state index contributed by atoms with van der Waals surface area (Å²) >= 11 is 0. The van der Waals surface area contributed by atoms with Crippen LogP contribution in [0.3, 0.4) is 0 Å². The van der Waals surface area contributed by atoms with Gasteiger partial charge in [-0.15, -0.1) is 0 Å². The number of carbonyl (C=O) groups excluding carboxylic acids is 2. The van der Waals surface area contributed by atoms with E-state index in [1.165, 1.54) is 25.1 Å². The summed E-state index contributed by atoms with van der Waals surface area (Å²) < 4.78 is 13.9. The van der Waals surface area contributed by atoms with Crippen LogP contribution in [0.25, 0.3) is 0 Å². The van der Waals surface area contributed by atoms with E-state index < -0.39 is 5.82 Å². The molecule has 0 spiro atoms. The van der Waals surface area contributed by atoms with E-state index >= 15 is 0 Å². The van der Waals surface area contributed by atoms with Crippen LogP contribution >= 0.6 is 0 Å². The van der Waals surface area contributed by atoms with Gasteiger partial charge < -0.3 is 15.5 Å². The molecule has 1 fully saturated rings. The second-order valence-electron chi connectivity index (χ2n) is 4.93. The number of benzene rings is 1. The SMILES string of the molecule is CC(=O)Nc1ccc(F)c(C(=O)N2CCNC[C@@H]2C)c1. The van der Waals surface area contributed by atoms with Crippen LogP contribution in [0, 0.1) is 5.82 Å². The molecular formula is C14H18FN3O2. The molecule has 0 bridgehead atoms. The van der Waals surface area contributed by atoms with Crippen LogP contribution in [0.2, 0.25) is 0 Å². The lowest BCUT2D eigenvalue weighted by Crippen LogP contribution is -2.52. The number of nitrogens with zero attached hydrogens (tertiary/aromatic N) is 1. The molecule has 1 aromatic rings. The van der Waals surface area contributed by atoms with Crippen LogP contribution in [-0.4, -0.2) is 42.4 Å². The molecule has 0 unspecified atom stereocenters. The van der Waals surface area contributed by atoms with Crippen molar-refractivity contribution in [2.24, 2.45) is 0 Å². The number of hydrogen-bond donors (Lipinski definition) is 2. The lowest BCUT2D eigenvalue weighted by Gasteiger charge is -2.34. The first kappa shape index (κ1) is 14.5. The second-order valence-corrected chi connectivity index (χ2v) is 4.93. The zero-order valence-corrected chi connectivity index (χ0v) is 11.6. The molecule has 1 aliphatic rings. The van der Waals surface area contributed by atoms with Crippen molar-refractivity contribution in [1.29, 1.82) is 0 Å². The molecule has 108 valence electrons. The quantitative estimate of drug-likeness (QED) is 0.855. The van der Waals surface area contributed by atoms with Gasteiger partial charge in [0.25, 0.3) is 5.91 Å². The smallest absolute Gasteiger partial charge is 0.257 e. The number of amides is 2. The van der Waals surface area contributed by atoms with Gasteiger partial charge >= 0.3 is 0 Å². The molecule has 1 saturated heterocycles. The minimum Gasteiger partial charge on any atom is -0.333 e. The van der Waals surface area contributed by atoms with Crippen molar-refractivity contribution in [3.63, 3.8) is 0 Å². The van der Waals surface area contributed by atoms with Crippen LogP contribution < -0.4 is 10.6 Å². The van der Waals surface area contributed by atoms with Crippen LogP contribution in [0.15, 0.2) is 18.2 Å². The van der Waals surface area contributed by atoms with E-state index in [-0.39, 0.29) is 23.4 Å². The van der Waals surface area contributed by atoms with E-state index in [4.69, 9.17) is 0 Å². The molecule has 0 radical (unpaired) electrons. The summed E-state index contributed by atoms with van der Waals surface area (Å²) in [7, 11) is 0. The van der Waals surface area contributed by atoms with Gasteiger partial charge in [0.05, 0.1) is 5.56 Å². The Labute approximate surface area is 117 Å². The zero-order chi connectivity index (χ0) is 14.7. The predicted molar refractivity (Wildman–Crippen MR) is 74.1 cm³/mol. The third kappa shape index (κ3) is 3.14. The highest BCUT2D eigenvalue weighted by atomic mass is 19.1. The van der Waals surface area contributed by atoms with Crippen LogP contribution in [0.5, 0.6) is 0 Å². The molecule has 20 heavy (non-hydrogen) atoms. The maximum absolute atomic E-state index is 13.9. The Hall–Kier alpha value is -1.95. The molecule has 1 atom stereocenters. The molecule has 0 saturated carbocycles. The summed E-state index contributed by atoms with van der Waals surface area (Å²) in [6.07, 6.45) is 0. The predicted octanol–water partition coefficient (Wildman–Crippen LogP) is 1.22. The average molecular weight is 279 g/mol. The number of hydrogen-bond acceptors (Lipinski definition) is 3. The van der Waals surface area contributed by atoms with Crippen molar-refractivity contribution in [2.45, 2.75) is 19.9 Å².